The Labute approximate surface area is 595 Å². The number of aliphatic hydroxyl groups is 5. The monoisotopic (exact) mass is 1340 g/mol. The Balaban J connectivity index is 7.05. The second kappa shape index (κ2) is 70.1. The molecule has 0 amide bonds. The largest absolute Gasteiger partial charge is 0.433 e. The number of hydrogen-bond donors (Lipinski definition) is 5. The van der Waals surface area contributed by atoms with Gasteiger partial charge in [0.2, 0.25) is 0 Å². The highest BCUT2D eigenvalue weighted by atomic mass is 16.6. The summed E-state index contributed by atoms with van der Waals surface area (Å²) in [5.41, 5.74) is -9.76. The van der Waals surface area contributed by atoms with Crippen LogP contribution in [0.15, 0.2) is 12.8 Å². The minimum atomic E-state index is -2.57. The first-order valence-corrected chi connectivity index (χ1v) is 43.9. The number of rotatable bonds is 81. The standard InChI is InChI=1S/C88H174O7/c1-7-13-18-23-28-33-38-43-48-53-58-63-68-73-78-83(89)85(91,79-74-69-64-59-54-49-44-39-34-29-24-19-14-8-2)87(93,81-76-71-66-61-56-51-46-41-36-31-26-21-16-10-4)88(94,82-77-72-67-62-57-52-47-42-37-32-27-22-17-11-5)86(92,84(90)95-12-6)80-75-70-65-60-55-50-45-40-35-30-25-20-15-9-3/h12,83,89,91-94H,6-11,13-82H2,1-5H3/t83?,85-,86+,87-,88-/m1/s1. The Morgan fingerprint density at radius 2 is 0.453 bits per heavy atom. The van der Waals surface area contributed by atoms with Gasteiger partial charge < -0.3 is 30.3 Å². The van der Waals surface area contributed by atoms with Crippen molar-refractivity contribution >= 4 is 5.97 Å². The summed E-state index contributed by atoms with van der Waals surface area (Å²) in [7, 11) is 0. The molecule has 0 aliphatic rings. The Kier molecular flexibility index (Phi) is 69.3. The Bertz CT molecular complexity index is 1550. The first-order valence-electron chi connectivity index (χ1n) is 43.9. The third-order valence-electron chi connectivity index (χ3n) is 22.6. The van der Waals surface area contributed by atoms with Crippen molar-refractivity contribution < 1.29 is 35.1 Å². The molecule has 7 nitrogen and oxygen atoms in total. The number of carbonyl (C=O) groups excluding carboxylic acids is 1. The van der Waals surface area contributed by atoms with Gasteiger partial charge in [0, 0.05) is 0 Å². The summed E-state index contributed by atoms with van der Waals surface area (Å²) in [4.78, 5) is 14.9. The van der Waals surface area contributed by atoms with Crippen LogP contribution < -0.4 is 0 Å². The summed E-state index contributed by atoms with van der Waals surface area (Å²) in [6.45, 7) is 15.2. The maximum atomic E-state index is 14.9. The highest BCUT2D eigenvalue weighted by molar-refractivity contribution is 5.82. The average Bonchev–Trinajstić information content (AvgIpc) is 0.709. The summed E-state index contributed by atoms with van der Waals surface area (Å²) >= 11 is 0. The second-order valence-electron chi connectivity index (χ2n) is 31.4. The van der Waals surface area contributed by atoms with E-state index < -0.39 is 34.5 Å². The van der Waals surface area contributed by atoms with Crippen LogP contribution in [-0.4, -0.2) is 60.0 Å². The number of esters is 1. The van der Waals surface area contributed by atoms with Crippen LogP contribution in [0.25, 0.3) is 0 Å². The number of ether oxygens (including phenoxy) is 1. The topological polar surface area (TPSA) is 127 Å². The predicted octanol–water partition coefficient (Wildman–Crippen LogP) is 28.3. The summed E-state index contributed by atoms with van der Waals surface area (Å²) < 4.78 is 5.65. The quantitative estimate of drug-likeness (QED) is 0.0233. The highest BCUT2D eigenvalue weighted by Gasteiger charge is 2.72. The van der Waals surface area contributed by atoms with E-state index in [-0.39, 0.29) is 32.1 Å². The SMILES string of the molecule is C=COC(=O)[C@@](O)(CCCCCCCCCCCCCCCC)[C@](O)(CCCCCCCCCCCCCCCC)[C@@](O)(CCCCCCCCCCCCCCCC)[C@@](O)(CCCCCCCCCCCCCCCC)C(O)CCCCCCCCCCCCCCCC. The smallest absolute Gasteiger partial charge is 0.346 e. The minimum absolute atomic E-state index is 0.0343. The number of carbonyl (C=O) groups is 1. The van der Waals surface area contributed by atoms with E-state index in [2.05, 4.69) is 41.2 Å². The fourth-order valence-corrected chi connectivity index (χ4v) is 15.9. The molecule has 7 heteroatoms. The molecule has 0 spiro atoms. The molecule has 5 N–H and O–H groups in total. The van der Waals surface area contributed by atoms with Gasteiger partial charge in [-0.25, -0.2) is 4.79 Å². The van der Waals surface area contributed by atoms with Crippen molar-refractivity contribution in [3.8, 4) is 0 Å². The lowest BCUT2D eigenvalue weighted by atomic mass is 9.56. The van der Waals surface area contributed by atoms with E-state index in [0.717, 1.165) is 122 Å². The number of unbranched alkanes of at least 4 members (excludes halogenated alkanes) is 65. The molecule has 95 heavy (non-hydrogen) atoms. The third kappa shape index (κ3) is 49.3. The van der Waals surface area contributed by atoms with Crippen molar-refractivity contribution in [2.75, 3.05) is 0 Å². The Morgan fingerprint density at radius 1 is 0.274 bits per heavy atom. The summed E-state index contributed by atoms with van der Waals surface area (Å²) in [5, 5.41) is 69.1. The van der Waals surface area contributed by atoms with Crippen molar-refractivity contribution in [2.45, 2.75) is 545 Å². The van der Waals surface area contributed by atoms with E-state index >= 15 is 0 Å². The maximum Gasteiger partial charge on any atom is 0.346 e. The highest BCUT2D eigenvalue weighted by Crippen LogP contribution is 2.52. The Hall–Kier alpha value is -0.990. The van der Waals surface area contributed by atoms with Gasteiger partial charge in [0.15, 0.2) is 5.60 Å². The Morgan fingerprint density at radius 3 is 0.674 bits per heavy atom. The summed E-state index contributed by atoms with van der Waals surface area (Å²) in [5.74, 6) is -1.02. The normalized spacial score (nSPS) is 14.8. The van der Waals surface area contributed by atoms with E-state index in [1.165, 1.54) is 302 Å². The van der Waals surface area contributed by atoms with Gasteiger partial charge in [0.25, 0.3) is 0 Å². The first kappa shape index (κ1) is 94.0. The molecular formula is C88H174O7. The lowest BCUT2D eigenvalue weighted by Gasteiger charge is -2.58. The molecule has 0 aromatic heterocycles. The molecule has 0 aliphatic carbocycles. The van der Waals surface area contributed by atoms with Crippen molar-refractivity contribution in [1.29, 1.82) is 0 Å². The molecule has 0 aromatic carbocycles. The van der Waals surface area contributed by atoms with Gasteiger partial charge in [-0.15, -0.1) is 0 Å². The first-order chi connectivity index (χ1) is 46.5. The van der Waals surface area contributed by atoms with Crippen molar-refractivity contribution in [1.82, 2.24) is 0 Å². The molecule has 0 aliphatic heterocycles. The van der Waals surface area contributed by atoms with Gasteiger partial charge in [0.05, 0.1) is 12.4 Å². The zero-order chi connectivity index (χ0) is 69.6. The van der Waals surface area contributed by atoms with Crippen LogP contribution in [-0.2, 0) is 9.53 Å². The summed E-state index contributed by atoms with van der Waals surface area (Å²) in [6.07, 6.45) is 81.9. The van der Waals surface area contributed by atoms with E-state index in [0.29, 0.717) is 32.1 Å². The van der Waals surface area contributed by atoms with Crippen LogP contribution in [0, 0.1) is 0 Å². The zero-order valence-electron chi connectivity index (χ0n) is 65.4. The van der Waals surface area contributed by atoms with Gasteiger partial charge in [-0.3, -0.25) is 0 Å². The van der Waals surface area contributed by atoms with E-state index in [9.17, 15) is 30.3 Å². The van der Waals surface area contributed by atoms with Crippen LogP contribution in [0.5, 0.6) is 0 Å². The molecule has 0 saturated carbocycles. The fourth-order valence-electron chi connectivity index (χ4n) is 15.9. The van der Waals surface area contributed by atoms with E-state index in [1.54, 1.807) is 0 Å². The van der Waals surface area contributed by atoms with E-state index in [1.807, 2.05) is 0 Å². The minimum Gasteiger partial charge on any atom is -0.433 e. The van der Waals surface area contributed by atoms with Gasteiger partial charge in [-0.2, -0.15) is 0 Å². The zero-order valence-corrected chi connectivity index (χ0v) is 65.4. The van der Waals surface area contributed by atoms with Crippen molar-refractivity contribution in [3.63, 3.8) is 0 Å². The molecule has 0 aromatic rings. The lowest BCUT2D eigenvalue weighted by molar-refractivity contribution is -0.322. The second-order valence-corrected chi connectivity index (χ2v) is 31.4. The lowest BCUT2D eigenvalue weighted by Crippen LogP contribution is -2.79. The molecule has 568 valence electrons. The molecule has 1 unspecified atom stereocenters. The molecule has 0 rings (SSSR count). The third-order valence-corrected chi connectivity index (χ3v) is 22.6. The molecule has 0 heterocycles. The van der Waals surface area contributed by atoms with Gasteiger partial charge in [-0.1, -0.05) is 484 Å². The van der Waals surface area contributed by atoms with Gasteiger partial charge in [-0.05, 0) is 38.5 Å². The van der Waals surface area contributed by atoms with Gasteiger partial charge in [0.1, 0.15) is 16.8 Å². The van der Waals surface area contributed by atoms with Crippen molar-refractivity contribution in [3.05, 3.63) is 12.8 Å². The predicted molar refractivity (Wildman–Crippen MR) is 417 cm³/mol. The summed E-state index contributed by atoms with van der Waals surface area (Å²) in [6, 6.07) is 0. The molecule has 0 radical (unpaired) electrons. The van der Waals surface area contributed by atoms with Crippen LogP contribution in [0.1, 0.15) is 516 Å². The molecule has 0 bridgehead atoms. The van der Waals surface area contributed by atoms with Crippen LogP contribution in [0.3, 0.4) is 0 Å². The number of hydrogen-bond acceptors (Lipinski definition) is 7. The van der Waals surface area contributed by atoms with E-state index in [4.69, 9.17) is 4.74 Å². The van der Waals surface area contributed by atoms with Crippen LogP contribution in [0.4, 0.5) is 0 Å². The van der Waals surface area contributed by atoms with Gasteiger partial charge >= 0.3 is 5.97 Å². The van der Waals surface area contributed by atoms with Crippen LogP contribution >= 0.6 is 0 Å². The fraction of sp³-hybridized carbons (Fsp3) is 0.966. The molecule has 5 atom stereocenters. The molecule has 0 fully saturated rings. The van der Waals surface area contributed by atoms with Crippen molar-refractivity contribution in [2.24, 2.45) is 0 Å². The number of aliphatic hydroxyl groups excluding tert-OH is 1. The van der Waals surface area contributed by atoms with Crippen LogP contribution in [0.2, 0.25) is 0 Å². The average molecular weight is 1340 g/mol. The molecular weight excluding hydrogens is 1170 g/mol. The molecule has 0 saturated heterocycles. The maximum absolute atomic E-state index is 14.9.